The van der Waals surface area contributed by atoms with E-state index >= 15 is 0 Å². The fourth-order valence-electron chi connectivity index (χ4n) is 2.24. The number of hydrogen-bond donors (Lipinski definition) is 0. The minimum absolute atomic E-state index is 0.224. The number of rotatable bonds is 6. The Morgan fingerprint density at radius 1 is 1.12 bits per heavy atom. The lowest BCUT2D eigenvalue weighted by atomic mass is 9.94. The third kappa shape index (κ3) is 4.04. The van der Waals surface area contributed by atoms with Crippen LogP contribution in [-0.2, 0) is 14.5 Å². The SMILES string of the molecule is CCCC(C)(C)OOC1(OC)CCCCC1. The average molecular weight is 230 g/mol. The van der Waals surface area contributed by atoms with Crippen LogP contribution < -0.4 is 0 Å². The molecule has 1 fully saturated rings. The first-order chi connectivity index (χ1) is 7.54. The van der Waals surface area contributed by atoms with E-state index in [9.17, 15) is 0 Å². The van der Waals surface area contributed by atoms with Gasteiger partial charge in [-0.25, -0.2) is 9.78 Å². The van der Waals surface area contributed by atoms with Crippen LogP contribution in [0.5, 0.6) is 0 Å². The monoisotopic (exact) mass is 230 g/mol. The molecule has 0 bridgehead atoms. The summed E-state index contributed by atoms with van der Waals surface area (Å²) >= 11 is 0. The molecule has 1 saturated carbocycles. The van der Waals surface area contributed by atoms with Crippen LogP contribution in [0.25, 0.3) is 0 Å². The van der Waals surface area contributed by atoms with Crippen molar-refractivity contribution in [3.8, 4) is 0 Å². The van der Waals surface area contributed by atoms with Crippen molar-refractivity contribution in [1.29, 1.82) is 0 Å². The van der Waals surface area contributed by atoms with Crippen molar-refractivity contribution >= 4 is 0 Å². The second kappa shape index (κ2) is 5.99. The Morgan fingerprint density at radius 3 is 2.25 bits per heavy atom. The van der Waals surface area contributed by atoms with Crippen molar-refractivity contribution in [3.05, 3.63) is 0 Å². The summed E-state index contributed by atoms with van der Waals surface area (Å²) in [5.41, 5.74) is -0.224. The van der Waals surface area contributed by atoms with Gasteiger partial charge in [-0.3, -0.25) is 0 Å². The summed E-state index contributed by atoms with van der Waals surface area (Å²) in [6.45, 7) is 6.27. The number of methoxy groups -OCH3 is 1. The fraction of sp³-hybridized carbons (Fsp3) is 1.00. The first-order valence-corrected chi connectivity index (χ1v) is 6.46. The molecule has 0 N–H and O–H groups in total. The van der Waals surface area contributed by atoms with Gasteiger partial charge in [0.2, 0.25) is 5.79 Å². The minimum Gasteiger partial charge on any atom is -0.351 e. The number of hydrogen-bond acceptors (Lipinski definition) is 3. The van der Waals surface area contributed by atoms with Crippen LogP contribution in [0.1, 0.15) is 65.7 Å². The highest BCUT2D eigenvalue weighted by Gasteiger charge is 2.36. The Morgan fingerprint density at radius 2 is 1.75 bits per heavy atom. The van der Waals surface area contributed by atoms with E-state index in [-0.39, 0.29) is 5.60 Å². The summed E-state index contributed by atoms with van der Waals surface area (Å²) in [5, 5.41) is 0. The molecule has 1 rings (SSSR count). The topological polar surface area (TPSA) is 27.7 Å². The van der Waals surface area contributed by atoms with E-state index in [4.69, 9.17) is 14.5 Å². The second-order valence-electron chi connectivity index (χ2n) is 5.35. The lowest BCUT2D eigenvalue weighted by Crippen LogP contribution is -2.40. The first kappa shape index (κ1) is 13.9. The Balaban J connectivity index is 2.44. The summed E-state index contributed by atoms with van der Waals surface area (Å²) in [4.78, 5) is 11.2. The van der Waals surface area contributed by atoms with Crippen molar-refractivity contribution < 1.29 is 14.5 Å². The van der Waals surface area contributed by atoms with Crippen molar-refractivity contribution in [3.63, 3.8) is 0 Å². The Labute approximate surface area is 99.4 Å². The lowest BCUT2D eigenvalue weighted by Gasteiger charge is -2.37. The van der Waals surface area contributed by atoms with Gasteiger partial charge < -0.3 is 4.74 Å². The zero-order chi connectivity index (χ0) is 12.1. The van der Waals surface area contributed by atoms with Crippen LogP contribution in [0.3, 0.4) is 0 Å². The van der Waals surface area contributed by atoms with E-state index in [1.807, 2.05) is 0 Å². The smallest absolute Gasteiger partial charge is 0.201 e. The molecule has 16 heavy (non-hydrogen) atoms. The van der Waals surface area contributed by atoms with E-state index in [1.54, 1.807) is 7.11 Å². The summed E-state index contributed by atoms with van der Waals surface area (Å²) in [6.07, 6.45) is 7.55. The molecule has 0 aromatic heterocycles. The summed E-state index contributed by atoms with van der Waals surface area (Å²) in [7, 11) is 1.71. The van der Waals surface area contributed by atoms with Gasteiger partial charge in [0.05, 0.1) is 5.60 Å². The van der Waals surface area contributed by atoms with E-state index < -0.39 is 5.79 Å². The van der Waals surface area contributed by atoms with Gasteiger partial charge in [-0.2, -0.15) is 0 Å². The molecule has 0 unspecified atom stereocenters. The Hall–Kier alpha value is -0.120. The fourth-order valence-corrected chi connectivity index (χ4v) is 2.24. The standard InChI is InChI=1S/C13H26O3/c1-5-9-12(2,3)15-16-13(14-4)10-7-6-8-11-13/h5-11H2,1-4H3. The van der Waals surface area contributed by atoms with Gasteiger partial charge in [0.25, 0.3) is 0 Å². The second-order valence-corrected chi connectivity index (χ2v) is 5.35. The summed E-state index contributed by atoms with van der Waals surface area (Å²) in [6, 6.07) is 0. The highest BCUT2D eigenvalue weighted by atomic mass is 17.2. The average Bonchev–Trinajstić information content (AvgIpc) is 2.28. The quantitative estimate of drug-likeness (QED) is 0.394. The molecule has 0 aromatic rings. The zero-order valence-corrected chi connectivity index (χ0v) is 11.2. The summed E-state index contributed by atoms with van der Waals surface area (Å²) < 4.78 is 5.51. The van der Waals surface area contributed by atoms with E-state index in [0.29, 0.717) is 0 Å². The van der Waals surface area contributed by atoms with Gasteiger partial charge in [0.1, 0.15) is 0 Å². The van der Waals surface area contributed by atoms with Crippen LogP contribution >= 0.6 is 0 Å². The highest BCUT2D eigenvalue weighted by Crippen LogP contribution is 2.34. The largest absolute Gasteiger partial charge is 0.351 e. The molecule has 0 heterocycles. The predicted molar refractivity (Wildman–Crippen MR) is 64.0 cm³/mol. The van der Waals surface area contributed by atoms with Crippen LogP contribution in [0.15, 0.2) is 0 Å². The normalized spacial score (nSPS) is 21.0. The van der Waals surface area contributed by atoms with Crippen molar-refractivity contribution in [2.45, 2.75) is 77.1 Å². The van der Waals surface area contributed by atoms with Gasteiger partial charge in [-0.15, -0.1) is 0 Å². The van der Waals surface area contributed by atoms with Gasteiger partial charge in [0, 0.05) is 20.0 Å². The molecule has 3 heteroatoms. The maximum Gasteiger partial charge on any atom is 0.201 e. The van der Waals surface area contributed by atoms with Gasteiger partial charge >= 0.3 is 0 Å². The maximum atomic E-state index is 5.61. The highest BCUT2D eigenvalue weighted by molar-refractivity contribution is 4.74. The van der Waals surface area contributed by atoms with Crippen molar-refractivity contribution in [2.24, 2.45) is 0 Å². The molecule has 96 valence electrons. The third-order valence-electron chi connectivity index (χ3n) is 3.26. The molecular formula is C13H26O3. The van der Waals surface area contributed by atoms with E-state index in [1.165, 1.54) is 6.42 Å². The molecular weight excluding hydrogens is 204 g/mol. The Kier molecular flexibility index (Phi) is 5.22. The molecule has 0 aromatic carbocycles. The molecule has 0 spiro atoms. The molecule has 1 aliphatic carbocycles. The maximum absolute atomic E-state index is 5.61. The van der Waals surface area contributed by atoms with Crippen LogP contribution in [0, 0.1) is 0 Å². The van der Waals surface area contributed by atoms with Gasteiger partial charge in [-0.05, 0) is 33.1 Å². The minimum atomic E-state index is -0.497. The zero-order valence-electron chi connectivity index (χ0n) is 11.2. The van der Waals surface area contributed by atoms with Crippen LogP contribution in [0.4, 0.5) is 0 Å². The van der Waals surface area contributed by atoms with Gasteiger partial charge in [-0.1, -0.05) is 19.8 Å². The van der Waals surface area contributed by atoms with E-state index in [2.05, 4.69) is 20.8 Å². The predicted octanol–water partition coefficient (Wildman–Crippen LogP) is 3.82. The molecule has 1 aliphatic rings. The first-order valence-electron chi connectivity index (χ1n) is 6.46. The molecule has 0 atom stereocenters. The Bertz CT molecular complexity index is 195. The molecule has 0 amide bonds. The molecule has 0 radical (unpaired) electrons. The van der Waals surface area contributed by atoms with E-state index in [0.717, 1.165) is 38.5 Å². The number of ether oxygens (including phenoxy) is 1. The molecule has 3 nitrogen and oxygen atoms in total. The third-order valence-corrected chi connectivity index (χ3v) is 3.26. The van der Waals surface area contributed by atoms with Crippen molar-refractivity contribution in [1.82, 2.24) is 0 Å². The molecule has 0 aliphatic heterocycles. The lowest BCUT2D eigenvalue weighted by molar-refractivity contribution is -0.464. The van der Waals surface area contributed by atoms with Crippen LogP contribution in [0.2, 0.25) is 0 Å². The van der Waals surface area contributed by atoms with Gasteiger partial charge in [0.15, 0.2) is 0 Å². The summed E-state index contributed by atoms with van der Waals surface area (Å²) in [5.74, 6) is -0.497. The molecule has 0 saturated heterocycles. The van der Waals surface area contributed by atoms with Crippen molar-refractivity contribution in [2.75, 3.05) is 7.11 Å². The van der Waals surface area contributed by atoms with Crippen LogP contribution in [-0.4, -0.2) is 18.5 Å².